The second kappa shape index (κ2) is 2.39. The molecule has 13 heavy (non-hydrogen) atoms. The van der Waals surface area contributed by atoms with Crippen molar-refractivity contribution in [2.75, 3.05) is 0 Å². The maximum Gasteiger partial charge on any atom is 0.0577 e. The van der Waals surface area contributed by atoms with Crippen LogP contribution in [0.1, 0.15) is 11.1 Å². The summed E-state index contributed by atoms with van der Waals surface area (Å²) >= 11 is 0. The van der Waals surface area contributed by atoms with E-state index < -0.39 is 0 Å². The lowest BCUT2D eigenvalue weighted by molar-refractivity contribution is 1.01. The third-order valence-corrected chi connectivity index (χ3v) is 2.50. The highest BCUT2D eigenvalue weighted by Crippen LogP contribution is 2.34. The van der Waals surface area contributed by atoms with Gasteiger partial charge < -0.3 is 0 Å². The molecule has 1 aromatic carbocycles. The van der Waals surface area contributed by atoms with E-state index in [4.69, 9.17) is 0 Å². The van der Waals surface area contributed by atoms with Gasteiger partial charge in [0.15, 0.2) is 0 Å². The normalized spacial score (nSPS) is 12.3. The molecule has 0 unspecified atom stereocenters. The third kappa shape index (κ3) is 0.886. The van der Waals surface area contributed by atoms with Gasteiger partial charge in [0.1, 0.15) is 0 Å². The number of benzene rings is 1. The summed E-state index contributed by atoms with van der Waals surface area (Å²) in [5.74, 6) is 0. The number of hydrogen-bond acceptors (Lipinski definition) is 2. The van der Waals surface area contributed by atoms with Gasteiger partial charge in [-0.2, -0.15) is 10.2 Å². The van der Waals surface area contributed by atoms with Gasteiger partial charge in [-0.3, -0.25) is 0 Å². The van der Waals surface area contributed by atoms with E-state index in [-0.39, 0.29) is 0 Å². The number of fused-ring (bicyclic) bond motifs is 3. The summed E-state index contributed by atoms with van der Waals surface area (Å²) in [5.41, 5.74) is 5.22. The molecule has 0 amide bonds. The Balaban J connectivity index is 2.32. The zero-order valence-corrected chi connectivity index (χ0v) is 7.07. The summed E-state index contributed by atoms with van der Waals surface area (Å²) < 4.78 is 0. The van der Waals surface area contributed by atoms with Crippen LogP contribution in [-0.4, -0.2) is 10.2 Å². The molecular formula is C11H8N2. The van der Waals surface area contributed by atoms with Crippen molar-refractivity contribution in [3.63, 3.8) is 0 Å². The van der Waals surface area contributed by atoms with Crippen molar-refractivity contribution >= 4 is 0 Å². The predicted octanol–water partition coefficient (Wildman–Crippen LogP) is 2.05. The minimum Gasteiger partial charge on any atom is -0.159 e. The number of aromatic nitrogens is 2. The Bertz CT molecular complexity index is 420. The average Bonchev–Trinajstić information content (AvgIpc) is 2.56. The van der Waals surface area contributed by atoms with Crippen LogP contribution in [0.4, 0.5) is 0 Å². The first-order valence-corrected chi connectivity index (χ1v) is 4.33. The molecule has 0 spiro atoms. The lowest BCUT2D eigenvalue weighted by atomic mass is 10.1. The highest BCUT2D eigenvalue weighted by molar-refractivity contribution is 5.75. The monoisotopic (exact) mass is 168 g/mol. The molecule has 1 heterocycles. The third-order valence-electron chi connectivity index (χ3n) is 2.50. The van der Waals surface area contributed by atoms with Crippen molar-refractivity contribution in [2.45, 2.75) is 6.42 Å². The van der Waals surface area contributed by atoms with Gasteiger partial charge in [-0.1, -0.05) is 24.3 Å². The van der Waals surface area contributed by atoms with E-state index in [1.54, 1.807) is 0 Å². The lowest BCUT2D eigenvalue weighted by Crippen LogP contribution is -1.84. The number of nitrogens with zero attached hydrogens (tertiary/aromatic N) is 2. The van der Waals surface area contributed by atoms with Crippen LogP contribution in [0.2, 0.25) is 0 Å². The molecule has 0 fully saturated rings. The molecule has 1 aromatic heterocycles. The van der Waals surface area contributed by atoms with Crippen molar-refractivity contribution < 1.29 is 0 Å². The van der Waals surface area contributed by atoms with E-state index >= 15 is 0 Å². The van der Waals surface area contributed by atoms with Crippen molar-refractivity contribution in [2.24, 2.45) is 0 Å². The maximum atomic E-state index is 3.91. The summed E-state index contributed by atoms with van der Waals surface area (Å²) in [7, 11) is 0. The smallest absolute Gasteiger partial charge is 0.0577 e. The topological polar surface area (TPSA) is 25.8 Å². The molecule has 0 radical (unpaired) electrons. The summed E-state index contributed by atoms with van der Waals surface area (Å²) in [4.78, 5) is 0. The fourth-order valence-electron chi connectivity index (χ4n) is 1.87. The van der Waals surface area contributed by atoms with Gasteiger partial charge >= 0.3 is 0 Å². The Morgan fingerprint density at radius 2 is 1.69 bits per heavy atom. The molecule has 2 aromatic rings. The Morgan fingerprint density at radius 1 is 0.846 bits per heavy atom. The van der Waals surface area contributed by atoms with Gasteiger partial charge in [0.05, 0.1) is 12.4 Å². The first kappa shape index (κ1) is 6.78. The molecule has 0 saturated carbocycles. The van der Waals surface area contributed by atoms with Crippen molar-refractivity contribution in [1.82, 2.24) is 10.2 Å². The fraction of sp³-hybridized carbons (Fsp3) is 0.0909. The van der Waals surface area contributed by atoms with Gasteiger partial charge in [-0.15, -0.1) is 0 Å². The fourth-order valence-corrected chi connectivity index (χ4v) is 1.87. The van der Waals surface area contributed by atoms with Crippen LogP contribution in [-0.2, 0) is 6.42 Å². The van der Waals surface area contributed by atoms with E-state index in [1.165, 1.54) is 22.3 Å². The van der Waals surface area contributed by atoms with Crippen LogP contribution >= 0.6 is 0 Å². The molecule has 0 aliphatic heterocycles. The van der Waals surface area contributed by atoms with Crippen molar-refractivity contribution in [3.05, 3.63) is 47.8 Å². The molecule has 2 nitrogen and oxygen atoms in total. The minimum absolute atomic E-state index is 1.00. The van der Waals surface area contributed by atoms with E-state index in [0.29, 0.717) is 0 Å². The summed E-state index contributed by atoms with van der Waals surface area (Å²) in [6, 6.07) is 8.44. The molecule has 0 saturated heterocycles. The quantitative estimate of drug-likeness (QED) is 0.513. The average molecular weight is 168 g/mol. The Hall–Kier alpha value is -1.70. The highest BCUT2D eigenvalue weighted by Gasteiger charge is 2.17. The summed E-state index contributed by atoms with van der Waals surface area (Å²) in [6.45, 7) is 0. The van der Waals surface area contributed by atoms with Gasteiger partial charge in [-0.25, -0.2) is 0 Å². The van der Waals surface area contributed by atoms with Gasteiger partial charge in [-0.05, 0) is 16.7 Å². The summed E-state index contributed by atoms with van der Waals surface area (Å²) in [6.07, 6.45) is 4.71. The maximum absolute atomic E-state index is 3.91. The number of rotatable bonds is 0. The van der Waals surface area contributed by atoms with Crippen LogP contribution < -0.4 is 0 Å². The van der Waals surface area contributed by atoms with Crippen molar-refractivity contribution in [3.8, 4) is 11.1 Å². The van der Waals surface area contributed by atoms with Crippen LogP contribution in [0.25, 0.3) is 11.1 Å². The largest absolute Gasteiger partial charge is 0.159 e. The summed E-state index contributed by atoms with van der Waals surface area (Å²) in [5, 5.41) is 7.79. The van der Waals surface area contributed by atoms with Gasteiger partial charge in [0, 0.05) is 12.0 Å². The van der Waals surface area contributed by atoms with E-state index in [2.05, 4.69) is 34.5 Å². The molecule has 0 bridgehead atoms. The Labute approximate surface area is 76.3 Å². The van der Waals surface area contributed by atoms with Gasteiger partial charge in [0.2, 0.25) is 0 Å². The van der Waals surface area contributed by atoms with E-state index in [1.807, 2.05) is 12.4 Å². The Kier molecular flexibility index (Phi) is 1.25. The van der Waals surface area contributed by atoms with Crippen LogP contribution in [0.3, 0.4) is 0 Å². The molecule has 1 aliphatic rings. The SMILES string of the molecule is c1ccc2c(c1)Cc1cnncc1-2. The second-order valence-corrected chi connectivity index (χ2v) is 3.26. The van der Waals surface area contributed by atoms with Crippen LogP contribution in [0.15, 0.2) is 36.7 Å². The van der Waals surface area contributed by atoms with Crippen LogP contribution in [0, 0.1) is 0 Å². The molecule has 62 valence electrons. The van der Waals surface area contributed by atoms with Gasteiger partial charge in [0.25, 0.3) is 0 Å². The van der Waals surface area contributed by atoms with E-state index in [0.717, 1.165) is 6.42 Å². The van der Waals surface area contributed by atoms with E-state index in [9.17, 15) is 0 Å². The molecule has 1 aliphatic carbocycles. The first-order valence-electron chi connectivity index (χ1n) is 4.33. The zero-order valence-electron chi connectivity index (χ0n) is 7.07. The van der Waals surface area contributed by atoms with Crippen molar-refractivity contribution in [1.29, 1.82) is 0 Å². The molecule has 0 atom stereocenters. The first-order chi connectivity index (χ1) is 6.45. The van der Waals surface area contributed by atoms with Crippen LogP contribution in [0.5, 0.6) is 0 Å². The molecule has 2 heteroatoms. The molecule has 0 N–H and O–H groups in total. The minimum atomic E-state index is 1.00. The second-order valence-electron chi connectivity index (χ2n) is 3.26. The zero-order chi connectivity index (χ0) is 8.67. The molecular weight excluding hydrogens is 160 g/mol. The predicted molar refractivity (Wildman–Crippen MR) is 50.3 cm³/mol. The number of hydrogen-bond donors (Lipinski definition) is 0. The lowest BCUT2D eigenvalue weighted by Gasteiger charge is -1.96. The standard InChI is InChI=1S/C11H8N2/c1-2-4-10-8(3-1)5-9-6-12-13-7-11(9)10/h1-4,6-7H,5H2. The highest BCUT2D eigenvalue weighted by atomic mass is 15.1. The molecule has 3 rings (SSSR count). The Morgan fingerprint density at radius 3 is 2.69 bits per heavy atom.